The summed E-state index contributed by atoms with van der Waals surface area (Å²) in [6, 6.07) is 5.92. The van der Waals surface area contributed by atoms with Crippen molar-refractivity contribution >= 4 is 23.6 Å². The van der Waals surface area contributed by atoms with Crippen molar-refractivity contribution < 1.29 is 24.9 Å². The van der Waals surface area contributed by atoms with E-state index in [4.69, 9.17) is 0 Å². The molecule has 4 amide bonds. The van der Waals surface area contributed by atoms with Crippen molar-refractivity contribution in [2.75, 3.05) is 13.6 Å². The third kappa shape index (κ3) is 7.48. The number of benzene rings is 1. The van der Waals surface area contributed by atoms with Crippen molar-refractivity contribution in [2.45, 2.75) is 115 Å². The largest absolute Gasteiger partial charge is 0.351 e. The lowest BCUT2D eigenvalue weighted by Crippen LogP contribution is -2.58. The first-order chi connectivity index (χ1) is 19.7. The molecular formula is C32H57N5O4. The van der Waals surface area contributed by atoms with Gasteiger partial charge >= 0.3 is 0 Å². The van der Waals surface area contributed by atoms with Gasteiger partial charge in [0.1, 0.15) is 12.1 Å². The summed E-state index contributed by atoms with van der Waals surface area (Å²) in [5, 5.41) is 12.3. The minimum Gasteiger partial charge on any atom is -0.351 e. The molecule has 1 aromatic carbocycles. The maximum absolute atomic E-state index is 14.3. The van der Waals surface area contributed by atoms with Crippen LogP contribution in [0.15, 0.2) is 24.3 Å². The van der Waals surface area contributed by atoms with Crippen LogP contribution >= 0.6 is 0 Å². The topological polar surface area (TPSA) is 120 Å². The predicted molar refractivity (Wildman–Crippen MR) is 167 cm³/mol. The van der Waals surface area contributed by atoms with E-state index >= 15 is 0 Å². The summed E-state index contributed by atoms with van der Waals surface area (Å²) in [6.45, 7) is 5.87. The number of rotatable bonds is 10. The van der Waals surface area contributed by atoms with Gasteiger partial charge in [0.25, 0.3) is 0 Å². The molecule has 234 valence electrons. The molecule has 1 aliphatic heterocycles. The van der Waals surface area contributed by atoms with Gasteiger partial charge in [0, 0.05) is 24.2 Å². The SMILES string of the molecule is CCC(C)C(=O)N[C@H]1C[C@@H](C(=O)NC2CCCc3ccccc32)N(C(=O)[C@@H](NC(=O)[C@H](C)NC)C2CCCCC2)C1.[HH].[HH].[HH].[HH]. The number of nitrogens with one attached hydrogen (secondary N) is 4. The van der Waals surface area contributed by atoms with Crippen molar-refractivity contribution in [3.05, 3.63) is 35.4 Å². The molecule has 0 bridgehead atoms. The molecule has 1 heterocycles. The van der Waals surface area contributed by atoms with Gasteiger partial charge in [-0.25, -0.2) is 0 Å². The van der Waals surface area contributed by atoms with Crippen LogP contribution < -0.4 is 21.3 Å². The molecule has 9 heteroatoms. The second-order valence-electron chi connectivity index (χ2n) is 12.3. The summed E-state index contributed by atoms with van der Waals surface area (Å²) >= 11 is 0. The van der Waals surface area contributed by atoms with Gasteiger partial charge in [-0.15, -0.1) is 0 Å². The van der Waals surface area contributed by atoms with Crippen molar-refractivity contribution in [1.82, 2.24) is 26.2 Å². The zero-order valence-electron chi connectivity index (χ0n) is 25.2. The summed E-state index contributed by atoms with van der Waals surface area (Å²) in [5.74, 6) is -0.838. The molecule has 2 unspecified atom stereocenters. The van der Waals surface area contributed by atoms with E-state index < -0.39 is 18.1 Å². The zero-order valence-corrected chi connectivity index (χ0v) is 25.2. The molecule has 1 saturated carbocycles. The van der Waals surface area contributed by atoms with E-state index in [0.29, 0.717) is 12.8 Å². The van der Waals surface area contributed by atoms with Crippen molar-refractivity contribution in [1.29, 1.82) is 0 Å². The van der Waals surface area contributed by atoms with Crippen molar-refractivity contribution in [2.24, 2.45) is 11.8 Å². The van der Waals surface area contributed by atoms with Crippen LogP contribution in [0.4, 0.5) is 0 Å². The number of nitrogens with zero attached hydrogens (tertiary/aromatic N) is 1. The van der Waals surface area contributed by atoms with E-state index in [-0.39, 0.29) is 59.8 Å². The second-order valence-corrected chi connectivity index (χ2v) is 12.3. The normalized spacial score (nSPS) is 25.0. The molecule has 4 rings (SSSR count). The number of aryl methyl sites for hydroxylation is 1. The molecule has 2 aliphatic carbocycles. The summed E-state index contributed by atoms with van der Waals surface area (Å²) in [4.78, 5) is 55.6. The molecule has 9 nitrogen and oxygen atoms in total. The first-order valence-corrected chi connectivity index (χ1v) is 15.7. The number of likely N-dealkylation sites (tertiary alicyclic amines) is 1. The monoisotopic (exact) mass is 575 g/mol. The maximum atomic E-state index is 14.3. The summed E-state index contributed by atoms with van der Waals surface area (Å²) in [5.41, 5.74) is 2.39. The summed E-state index contributed by atoms with van der Waals surface area (Å²) in [7, 11) is 1.72. The van der Waals surface area contributed by atoms with Gasteiger partial charge < -0.3 is 26.2 Å². The Morgan fingerprint density at radius 1 is 0.976 bits per heavy atom. The fourth-order valence-electron chi connectivity index (χ4n) is 6.57. The van der Waals surface area contributed by atoms with Crippen LogP contribution in [0.2, 0.25) is 0 Å². The van der Waals surface area contributed by atoms with E-state index in [1.807, 2.05) is 26.0 Å². The molecule has 0 spiro atoms. The third-order valence-corrected chi connectivity index (χ3v) is 9.49. The first-order valence-electron chi connectivity index (χ1n) is 15.7. The second kappa shape index (κ2) is 14.3. The van der Waals surface area contributed by atoms with Gasteiger partial charge in [0.15, 0.2) is 0 Å². The Morgan fingerprint density at radius 2 is 1.71 bits per heavy atom. The highest BCUT2D eigenvalue weighted by molar-refractivity contribution is 5.94. The Kier molecular flexibility index (Phi) is 10.8. The Labute approximate surface area is 250 Å². The number of hydrogen-bond acceptors (Lipinski definition) is 5. The Balaban J connectivity index is 0.00000484. The fourth-order valence-corrected chi connectivity index (χ4v) is 6.57. The molecule has 0 aromatic heterocycles. The fraction of sp³-hybridized carbons (Fsp3) is 0.688. The Morgan fingerprint density at radius 3 is 2.41 bits per heavy atom. The van der Waals surface area contributed by atoms with Gasteiger partial charge in [0.2, 0.25) is 23.6 Å². The smallest absolute Gasteiger partial charge is 0.246 e. The van der Waals surface area contributed by atoms with Crippen LogP contribution in [0.25, 0.3) is 0 Å². The van der Waals surface area contributed by atoms with Crippen LogP contribution in [0.3, 0.4) is 0 Å². The highest BCUT2D eigenvalue weighted by atomic mass is 16.2. The van der Waals surface area contributed by atoms with Gasteiger partial charge in [-0.1, -0.05) is 57.4 Å². The molecular weight excluding hydrogens is 518 g/mol. The highest BCUT2D eigenvalue weighted by Crippen LogP contribution is 2.32. The van der Waals surface area contributed by atoms with E-state index in [1.54, 1.807) is 18.9 Å². The lowest BCUT2D eigenvalue weighted by atomic mass is 9.83. The van der Waals surface area contributed by atoms with Gasteiger partial charge in [-0.3, -0.25) is 19.2 Å². The third-order valence-electron chi connectivity index (χ3n) is 9.49. The highest BCUT2D eigenvalue weighted by Gasteiger charge is 2.45. The van der Waals surface area contributed by atoms with E-state index in [2.05, 4.69) is 33.4 Å². The number of carbonyl (C=O) groups is 4. The molecule has 1 aromatic rings. The lowest BCUT2D eigenvalue weighted by Gasteiger charge is -2.35. The van der Waals surface area contributed by atoms with Gasteiger partial charge in [0.05, 0.1) is 12.1 Å². The van der Waals surface area contributed by atoms with Crippen LogP contribution in [0.1, 0.15) is 101 Å². The average Bonchev–Trinajstić information content (AvgIpc) is 3.43. The van der Waals surface area contributed by atoms with Crippen LogP contribution in [-0.4, -0.2) is 66.3 Å². The van der Waals surface area contributed by atoms with E-state index in [0.717, 1.165) is 56.9 Å². The number of fused-ring (bicyclic) bond motifs is 1. The molecule has 4 N–H and O–H groups in total. The molecule has 6 atom stereocenters. The minimum absolute atomic E-state index is 0. The Hall–Kier alpha value is -2.94. The standard InChI is InChI=1S/C32H49N5O4.4H2/c1-5-20(2)29(38)34-24-18-27(31(40)35-26-17-11-15-22-12-9-10-16-25(22)26)37(19-24)32(41)28(23-13-7-6-8-14-23)36-30(39)21(3)33-4;;;;/h9-10,12,16,20-21,23-24,26-28,33H,5-8,11,13-15,17-19H2,1-4H3,(H,34,38)(H,35,40)(H,36,39);4*1H/t20?,21-,24-,26?,27-,28-;;;;/m0..../s1. The van der Waals surface area contributed by atoms with Crippen molar-refractivity contribution in [3.8, 4) is 0 Å². The molecule has 0 radical (unpaired) electrons. The van der Waals surface area contributed by atoms with E-state index in [9.17, 15) is 19.2 Å². The van der Waals surface area contributed by atoms with Crippen LogP contribution in [-0.2, 0) is 25.6 Å². The first kappa shape index (κ1) is 31.0. The Bertz CT molecular complexity index is 1110. The number of carbonyl (C=O) groups excluding carboxylic acids is 4. The van der Waals surface area contributed by atoms with Crippen LogP contribution in [0, 0.1) is 11.8 Å². The van der Waals surface area contributed by atoms with Gasteiger partial charge in [-0.2, -0.15) is 0 Å². The van der Waals surface area contributed by atoms with Crippen molar-refractivity contribution in [3.63, 3.8) is 0 Å². The molecule has 1 saturated heterocycles. The van der Waals surface area contributed by atoms with E-state index in [1.165, 1.54) is 5.56 Å². The lowest BCUT2D eigenvalue weighted by molar-refractivity contribution is -0.143. The number of likely N-dealkylation sites (N-methyl/N-ethyl adjacent to an activating group) is 1. The molecule has 41 heavy (non-hydrogen) atoms. The predicted octanol–water partition coefficient (Wildman–Crippen LogP) is 3.97. The quantitative estimate of drug-likeness (QED) is 0.337. The maximum Gasteiger partial charge on any atom is 0.246 e. The van der Waals surface area contributed by atoms with Crippen LogP contribution in [0.5, 0.6) is 0 Å². The van der Waals surface area contributed by atoms with Gasteiger partial charge in [-0.05, 0) is 76.0 Å². The molecule has 2 fully saturated rings. The molecule has 3 aliphatic rings. The number of hydrogen-bond donors (Lipinski definition) is 4. The minimum atomic E-state index is -0.719. The average molecular weight is 576 g/mol. The zero-order chi connectivity index (χ0) is 29.5. The number of amides is 4. The summed E-state index contributed by atoms with van der Waals surface area (Å²) < 4.78 is 0. The summed E-state index contributed by atoms with van der Waals surface area (Å²) in [6.07, 6.45) is 8.79.